The fraction of sp³-hybridized carbons (Fsp3) is 0.412. The molecule has 0 radical (unpaired) electrons. The van der Waals surface area contributed by atoms with Crippen molar-refractivity contribution in [1.29, 1.82) is 5.41 Å². The summed E-state index contributed by atoms with van der Waals surface area (Å²) in [5.74, 6) is 0.519. The molecule has 0 heterocycles. The predicted molar refractivity (Wildman–Crippen MR) is 89.4 cm³/mol. The van der Waals surface area contributed by atoms with Crippen molar-refractivity contribution in [1.82, 2.24) is 5.32 Å². The smallest absolute Gasteiger partial charge is 0.187 e. The quantitative estimate of drug-likeness (QED) is 0.311. The average Bonchev–Trinajstić information content (AvgIpc) is 2.45. The highest BCUT2D eigenvalue weighted by atomic mass is 35.5. The molecule has 0 aromatic heterocycles. The summed E-state index contributed by atoms with van der Waals surface area (Å²) in [6, 6.07) is 9.39. The first-order valence-corrected chi connectivity index (χ1v) is 7.75. The number of carbonyl (C=O) groups excluding carboxylic acids is 1. The molecule has 3 nitrogen and oxygen atoms in total. The maximum atomic E-state index is 12.2. The number of nitrogens with one attached hydrogen (secondary N) is 2. The Morgan fingerprint density at radius 2 is 2.00 bits per heavy atom. The summed E-state index contributed by atoms with van der Waals surface area (Å²) in [7, 11) is 0. The van der Waals surface area contributed by atoms with Crippen LogP contribution >= 0.6 is 11.6 Å². The van der Waals surface area contributed by atoms with Crippen LogP contribution in [-0.2, 0) is 0 Å². The molecule has 2 N–H and O–H groups in total. The number of ketones is 1. The van der Waals surface area contributed by atoms with Crippen LogP contribution in [-0.4, -0.2) is 23.4 Å². The van der Waals surface area contributed by atoms with Gasteiger partial charge in [-0.1, -0.05) is 30.3 Å². The van der Waals surface area contributed by atoms with E-state index in [1.54, 1.807) is 18.2 Å². The highest BCUT2D eigenvalue weighted by molar-refractivity contribution is 6.18. The van der Waals surface area contributed by atoms with E-state index in [2.05, 4.69) is 5.32 Å². The number of alkyl halides is 1. The zero-order valence-corrected chi connectivity index (χ0v) is 13.4. The van der Waals surface area contributed by atoms with Gasteiger partial charge in [-0.3, -0.25) is 4.79 Å². The van der Waals surface area contributed by atoms with Gasteiger partial charge in [0.1, 0.15) is 0 Å². The van der Waals surface area contributed by atoms with E-state index >= 15 is 0 Å². The summed E-state index contributed by atoms with van der Waals surface area (Å²) in [5, 5.41) is 11.2. The molecular formula is C17H23ClN2O. The first-order valence-electron chi connectivity index (χ1n) is 7.21. The van der Waals surface area contributed by atoms with Gasteiger partial charge in [0.25, 0.3) is 0 Å². The fourth-order valence-electron chi connectivity index (χ4n) is 1.96. The molecule has 114 valence electrons. The van der Waals surface area contributed by atoms with Crippen LogP contribution in [0.1, 0.15) is 43.5 Å². The maximum absolute atomic E-state index is 12.2. The summed E-state index contributed by atoms with van der Waals surface area (Å²) in [4.78, 5) is 12.2. The molecule has 0 aliphatic rings. The molecule has 0 unspecified atom stereocenters. The lowest BCUT2D eigenvalue weighted by molar-refractivity contribution is 0.104. The minimum absolute atomic E-state index is 0.0381. The molecule has 0 saturated carbocycles. The molecule has 0 bridgehead atoms. The number of hydrogen-bond donors (Lipinski definition) is 2. The van der Waals surface area contributed by atoms with Gasteiger partial charge < -0.3 is 10.7 Å². The summed E-state index contributed by atoms with van der Waals surface area (Å²) >= 11 is 5.65. The second-order valence-electron chi connectivity index (χ2n) is 5.27. The summed E-state index contributed by atoms with van der Waals surface area (Å²) in [5.41, 5.74) is 2.04. The molecule has 1 aromatic carbocycles. The van der Waals surface area contributed by atoms with Gasteiger partial charge in [-0.25, -0.2) is 0 Å². The number of carbonyl (C=O) groups is 1. The Balaban J connectivity index is 2.78. The minimum atomic E-state index is -0.0381. The van der Waals surface area contributed by atoms with Crippen LogP contribution in [0.2, 0.25) is 0 Å². The SMILES string of the molecule is CC(C)N/C(=C\C(=O)c1ccccc1)CC(=N)CCCCl. The van der Waals surface area contributed by atoms with E-state index in [-0.39, 0.29) is 11.8 Å². The molecule has 0 fully saturated rings. The van der Waals surface area contributed by atoms with Crippen molar-refractivity contribution in [2.45, 2.75) is 39.2 Å². The van der Waals surface area contributed by atoms with Crippen molar-refractivity contribution in [2.24, 2.45) is 0 Å². The monoisotopic (exact) mass is 306 g/mol. The molecule has 4 heteroatoms. The van der Waals surface area contributed by atoms with Crippen molar-refractivity contribution in [2.75, 3.05) is 5.88 Å². The van der Waals surface area contributed by atoms with Gasteiger partial charge in [-0.2, -0.15) is 0 Å². The molecule has 0 atom stereocenters. The Bertz CT molecular complexity index is 495. The second-order valence-corrected chi connectivity index (χ2v) is 5.65. The zero-order valence-electron chi connectivity index (χ0n) is 12.7. The third-order valence-electron chi connectivity index (χ3n) is 2.85. The highest BCUT2D eigenvalue weighted by Gasteiger charge is 2.08. The number of rotatable bonds is 9. The van der Waals surface area contributed by atoms with E-state index in [9.17, 15) is 4.79 Å². The third-order valence-corrected chi connectivity index (χ3v) is 3.12. The van der Waals surface area contributed by atoms with Crippen LogP contribution in [0.25, 0.3) is 0 Å². The molecule has 0 aliphatic carbocycles. The number of hydrogen-bond acceptors (Lipinski definition) is 3. The Hall–Kier alpha value is -1.61. The second kappa shape index (κ2) is 9.35. The predicted octanol–water partition coefficient (Wildman–Crippen LogP) is 4.18. The van der Waals surface area contributed by atoms with Gasteiger partial charge >= 0.3 is 0 Å². The molecule has 0 saturated heterocycles. The molecule has 0 aliphatic heterocycles. The minimum Gasteiger partial charge on any atom is -0.386 e. The first kappa shape index (κ1) is 17.4. The van der Waals surface area contributed by atoms with Gasteiger partial charge in [0.05, 0.1) is 0 Å². The third kappa shape index (κ3) is 7.09. The van der Waals surface area contributed by atoms with Crippen LogP contribution < -0.4 is 5.32 Å². The summed E-state index contributed by atoms with van der Waals surface area (Å²) in [6.45, 7) is 4.03. The average molecular weight is 307 g/mol. The van der Waals surface area contributed by atoms with Crippen LogP contribution in [0.3, 0.4) is 0 Å². The molecule has 0 amide bonds. The fourth-order valence-corrected chi connectivity index (χ4v) is 2.09. The lowest BCUT2D eigenvalue weighted by atomic mass is 10.1. The molecule has 0 spiro atoms. The van der Waals surface area contributed by atoms with E-state index in [4.69, 9.17) is 17.0 Å². The molecule has 1 aromatic rings. The van der Waals surface area contributed by atoms with E-state index in [1.165, 1.54) is 0 Å². The van der Waals surface area contributed by atoms with E-state index in [0.29, 0.717) is 30.0 Å². The summed E-state index contributed by atoms with van der Waals surface area (Å²) in [6.07, 6.45) is 3.53. The van der Waals surface area contributed by atoms with Crippen LogP contribution in [0.4, 0.5) is 0 Å². The Kier molecular flexibility index (Phi) is 7.76. The largest absolute Gasteiger partial charge is 0.386 e. The van der Waals surface area contributed by atoms with Gasteiger partial charge in [0, 0.05) is 41.4 Å². The van der Waals surface area contributed by atoms with Crippen LogP contribution in [0, 0.1) is 5.41 Å². The van der Waals surface area contributed by atoms with Crippen LogP contribution in [0.5, 0.6) is 0 Å². The molecule has 1 rings (SSSR count). The van der Waals surface area contributed by atoms with Crippen molar-refractivity contribution >= 4 is 23.1 Å². The molecular weight excluding hydrogens is 284 g/mol. The standard InChI is InChI=1S/C17H23ClN2O/c1-13(2)20-16(11-15(19)9-6-10-18)12-17(21)14-7-4-3-5-8-14/h3-5,7-8,12-13,19-20H,6,9-11H2,1-2H3/b16-12-,19-15?. The first-order chi connectivity index (χ1) is 10.0. The lowest BCUT2D eigenvalue weighted by Crippen LogP contribution is -2.24. The number of allylic oxidation sites excluding steroid dienone is 2. The molecule has 21 heavy (non-hydrogen) atoms. The van der Waals surface area contributed by atoms with Gasteiger partial charge in [0.15, 0.2) is 5.78 Å². The Morgan fingerprint density at radius 1 is 1.33 bits per heavy atom. The van der Waals surface area contributed by atoms with Gasteiger partial charge in [-0.15, -0.1) is 11.6 Å². The topological polar surface area (TPSA) is 53.0 Å². The maximum Gasteiger partial charge on any atom is 0.187 e. The number of benzene rings is 1. The van der Waals surface area contributed by atoms with Crippen LogP contribution in [0.15, 0.2) is 42.1 Å². The van der Waals surface area contributed by atoms with Crippen molar-refractivity contribution in [3.8, 4) is 0 Å². The van der Waals surface area contributed by atoms with E-state index in [0.717, 1.165) is 12.1 Å². The van der Waals surface area contributed by atoms with Crippen molar-refractivity contribution in [3.05, 3.63) is 47.7 Å². The summed E-state index contributed by atoms with van der Waals surface area (Å²) < 4.78 is 0. The van der Waals surface area contributed by atoms with Gasteiger partial charge in [0.2, 0.25) is 0 Å². The van der Waals surface area contributed by atoms with E-state index in [1.807, 2.05) is 32.0 Å². The lowest BCUT2D eigenvalue weighted by Gasteiger charge is -2.15. The van der Waals surface area contributed by atoms with Crippen molar-refractivity contribution in [3.63, 3.8) is 0 Å². The highest BCUT2D eigenvalue weighted by Crippen LogP contribution is 2.09. The number of halogens is 1. The van der Waals surface area contributed by atoms with E-state index < -0.39 is 0 Å². The van der Waals surface area contributed by atoms with Crippen molar-refractivity contribution < 1.29 is 4.79 Å². The Morgan fingerprint density at radius 3 is 2.57 bits per heavy atom. The van der Waals surface area contributed by atoms with Gasteiger partial charge in [-0.05, 0) is 26.7 Å². The Labute approximate surface area is 131 Å². The normalized spacial score (nSPS) is 11.5. The zero-order chi connectivity index (χ0) is 15.7.